The number of carbonyl (C=O) groups is 1. The molecule has 0 atom stereocenters. The van der Waals surface area contributed by atoms with E-state index >= 15 is 0 Å². The molecule has 0 radical (unpaired) electrons. The predicted octanol–water partition coefficient (Wildman–Crippen LogP) is 2.04. The fourth-order valence-electron chi connectivity index (χ4n) is 1.21. The van der Waals surface area contributed by atoms with Crippen LogP contribution in [0.5, 0.6) is 0 Å². The summed E-state index contributed by atoms with van der Waals surface area (Å²) in [5.41, 5.74) is 2.96. The number of rotatable bonds is 4. The van der Waals surface area contributed by atoms with Gasteiger partial charge in [-0.25, -0.2) is 10.8 Å². The Balaban J connectivity index is 1.96. The molecule has 0 aliphatic carbocycles. The number of amides is 1. The maximum atomic E-state index is 11.2. The molecule has 0 aliphatic heterocycles. The summed E-state index contributed by atoms with van der Waals surface area (Å²) < 4.78 is 0. The third-order valence-corrected chi connectivity index (χ3v) is 3.94. The molecule has 88 valence electrons. The topological polar surface area (TPSA) is 68.0 Å². The summed E-state index contributed by atoms with van der Waals surface area (Å²) >= 11 is 2.99. The maximum absolute atomic E-state index is 11.2. The van der Waals surface area contributed by atoms with Crippen LogP contribution in [0.1, 0.15) is 15.5 Å². The highest BCUT2D eigenvalue weighted by molar-refractivity contribution is 7.98. The highest BCUT2D eigenvalue weighted by atomic mass is 32.2. The molecule has 0 saturated carbocycles. The van der Waals surface area contributed by atoms with E-state index in [4.69, 9.17) is 5.84 Å². The Bertz CT molecular complexity index is 498. The molecule has 1 heterocycles. The minimum Gasteiger partial charge on any atom is -0.288 e. The Morgan fingerprint density at radius 3 is 2.88 bits per heavy atom. The molecule has 0 aliphatic rings. The van der Waals surface area contributed by atoms with Crippen molar-refractivity contribution in [1.29, 1.82) is 0 Å². The zero-order valence-corrected chi connectivity index (χ0v) is 10.6. The van der Waals surface area contributed by atoms with E-state index in [1.807, 2.05) is 35.7 Å². The van der Waals surface area contributed by atoms with Gasteiger partial charge in [-0.1, -0.05) is 18.2 Å². The van der Waals surface area contributed by atoms with Gasteiger partial charge in [0.1, 0.15) is 0 Å². The normalized spacial score (nSPS) is 10.2. The fraction of sp³-hybridized carbons (Fsp3) is 0.0909. The third kappa shape index (κ3) is 3.29. The van der Waals surface area contributed by atoms with Crippen LogP contribution in [0.3, 0.4) is 0 Å². The number of benzene rings is 1. The highest BCUT2D eigenvalue weighted by Crippen LogP contribution is 2.23. The molecule has 0 saturated heterocycles. The van der Waals surface area contributed by atoms with Gasteiger partial charge in [-0.2, -0.15) is 0 Å². The van der Waals surface area contributed by atoms with Crippen LogP contribution >= 0.6 is 23.1 Å². The van der Waals surface area contributed by atoms with Crippen LogP contribution < -0.4 is 11.3 Å². The molecular weight excluding hydrogens is 254 g/mol. The molecule has 0 unspecified atom stereocenters. The van der Waals surface area contributed by atoms with E-state index < -0.39 is 0 Å². The molecule has 0 fully saturated rings. The second-order valence-corrected chi connectivity index (χ2v) is 5.13. The SMILES string of the molecule is NNC(=O)c1nc(CSc2ccccc2)cs1. The smallest absolute Gasteiger partial charge is 0.288 e. The quantitative estimate of drug-likeness (QED) is 0.384. The van der Waals surface area contributed by atoms with Crippen LogP contribution in [-0.4, -0.2) is 10.9 Å². The number of hydrazine groups is 1. The number of nitrogens with one attached hydrogen (secondary N) is 1. The van der Waals surface area contributed by atoms with Gasteiger partial charge in [0.05, 0.1) is 5.69 Å². The average Bonchev–Trinajstić information content (AvgIpc) is 2.85. The monoisotopic (exact) mass is 265 g/mol. The van der Waals surface area contributed by atoms with E-state index in [0.29, 0.717) is 5.01 Å². The summed E-state index contributed by atoms with van der Waals surface area (Å²) in [6.07, 6.45) is 0. The van der Waals surface area contributed by atoms with Gasteiger partial charge in [-0.05, 0) is 12.1 Å². The van der Waals surface area contributed by atoms with Crippen LogP contribution in [-0.2, 0) is 5.75 Å². The molecular formula is C11H11N3OS2. The lowest BCUT2D eigenvalue weighted by Gasteiger charge is -1.97. The summed E-state index contributed by atoms with van der Waals surface area (Å²) in [7, 11) is 0. The Labute approximate surface area is 107 Å². The van der Waals surface area contributed by atoms with Crippen molar-refractivity contribution in [3.63, 3.8) is 0 Å². The van der Waals surface area contributed by atoms with Crippen LogP contribution in [0.25, 0.3) is 0 Å². The molecule has 1 aromatic heterocycles. The van der Waals surface area contributed by atoms with Crippen molar-refractivity contribution in [3.8, 4) is 0 Å². The van der Waals surface area contributed by atoms with Crippen molar-refractivity contribution in [2.75, 3.05) is 0 Å². The number of nitrogens with two attached hydrogens (primary N) is 1. The number of hydrogen-bond acceptors (Lipinski definition) is 5. The molecule has 0 spiro atoms. The average molecular weight is 265 g/mol. The highest BCUT2D eigenvalue weighted by Gasteiger charge is 2.09. The predicted molar refractivity (Wildman–Crippen MR) is 69.8 cm³/mol. The number of hydrogen-bond donors (Lipinski definition) is 2. The summed E-state index contributed by atoms with van der Waals surface area (Å²) in [6.45, 7) is 0. The summed E-state index contributed by atoms with van der Waals surface area (Å²) in [5, 5.41) is 2.27. The van der Waals surface area contributed by atoms with Gasteiger partial charge in [-0.3, -0.25) is 10.2 Å². The number of thioether (sulfide) groups is 1. The zero-order valence-electron chi connectivity index (χ0n) is 8.92. The molecule has 1 aromatic carbocycles. The van der Waals surface area contributed by atoms with E-state index in [1.54, 1.807) is 11.8 Å². The Kier molecular flexibility index (Phi) is 4.13. The first-order valence-electron chi connectivity index (χ1n) is 4.93. The van der Waals surface area contributed by atoms with Crippen molar-refractivity contribution < 1.29 is 4.79 Å². The number of nitrogens with zero attached hydrogens (tertiary/aromatic N) is 1. The van der Waals surface area contributed by atoms with Gasteiger partial charge in [0, 0.05) is 16.0 Å². The van der Waals surface area contributed by atoms with Crippen LogP contribution in [0.2, 0.25) is 0 Å². The van der Waals surface area contributed by atoms with E-state index in [0.717, 1.165) is 11.4 Å². The summed E-state index contributed by atoms with van der Waals surface area (Å²) in [6, 6.07) is 10.1. The van der Waals surface area contributed by atoms with Crippen molar-refractivity contribution in [2.45, 2.75) is 10.6 Å². The minimum absolute atomic E-state index is 0.342. The molecule has 2 aromatic rings. The maximum Gasteiger partial charge on any atom is 0.294 e. The van der Waals surface area contributed by atoms with E-state index in [-0.39, 0.29) is 5.91 Å². The number of nitrogen functional groups attached to an aromatic ring is 1. The fourth-order valence-corrected chi connectivity index (χ4v) is 2.85. The lowest BCUT2D eigenvalue weighted by Crippen LogP contribution is -2.29. The lowest BCUT2D eigenvalue weighted by atomic mass is 10.4. The second kappa shape index (κ2) is 5.81. The number of thiazole rings is 1. The molecule has 3 N–H and O–H groups in total. The van der Waals surface area contributed by atoms with Crippen molar-refractivity contribution in [3.05, 3.63) is 46.4 Å². The Hall–Kier alpha value is -1.37. The largest absolute Gasteiger partial charge is 0.294 e. The first kappa shape index (κ1) is 12.1. The summed E-state index contributed by atoms with van der Waals surface area (Å²) in [5.74, 6) is 5.45. The standard InChI is InChI=1S/C11H11N3OS2/c12-14-10(15)11-13-8(7-17-11)6-16-9-4-2-1-3-5-9/h1-5,7H,6,12H2,(H,14,15). The zero-order chi connectivity index (χ0) is 12.1. The van der Waals surface area contributed by atoms with Gasteiger partial charge in [0.15, 0.2) is 5.01 Å². The molecule has 17 heavy (non-hydrogen) atoms. The number of aromatic nitrogens is 1. The van der Waals surface area contributed by atoms with E-state index in [1.165, 1.54) is 16.2 Å². The van der Waals surface area contributed by atoms with Crippen molar-refractivity contribution in [1.82, 2.24) is 10.4 Å². The first-order valence-corrected chi connectivity index (χ1v) is 6.79. The van der Waals surface area contributed by atoms with Gasteiger partial charge in [-0.15, -0.1) is 23.1 Å². The Morgan fingerprint density at radius 2 is 2.18 bits per heavy atom. The Morgan fingerprint density at radius 1 is 1.41 bits per heavy atom. The minimum atomic E-state index is -0.342. The molecule has 1 amide bonds. The third-order valence-electron chi connectivity index (χ3n) is 2.01. The lowest BCUT2D eigenvalue weighted by molar-refractivity contribution is 0.0953. The summed E-state index contributed by atoms with van der Waals surface area (Å²) in [4.78, 5) is 16.6. The van der Waals surface area contributed by atoms with Gasteiger partial charge < -0.3 is 0 Å². The van der Waals surface area contributed by atoms with E-state index in [9.17, 15) is 4.79 Å². The molecule has 4 nitrogen and oxygen atoms in total. The second-order valence-electron chi connectivity index (χ2n) is 3.22. The molecule has 6 heteroatoms. The van der Waals surface area contributed by atoms with Gasteiger partial charge >= 0.3 is 0 Å². The van der Waals surface area contributed by atoms with Crippen molar-refractivity contribution >= 4 is 29.0 Å². The first-order chi connectivity index (χ1) is 8.29. The molecule has 0 bridgehead atoms. The van der Waals surface area contributed by atoms with Crippen LogP contribution in [0.4, 0.5) is 0 Å². The van der Waals surface area contributed by atoms with Crippen LogP contribution in [0, 0.1) is 0 Å². The van der Waals surface area contributed by atoms with Gasteiger partial charge in [0.2, 0.25) is 0 Å². The van der Waals surface area contributed by atoms with Crippen molar-refractivity contribution in [2.24, 2.45) is 5.84 Å². The van der Waals surface area contributed by atoms with E-state index in [2.05, 4.69) is 10.4 Å². The number of carbonyl (C=O) groups excluding carboxylic acids is 1. The van der Waals surface area contributed by atoms with Gasteiger partial charge in [0.25, 0.3) is 5.91 Å². The van der Waals surface area contributed by atoms with Crippen LogP contribution in [0.15, 0.2) is 40.6 Å². The molecule has 2 rings (SSSR count).